The maximum atomic E-state index is 11.7. The maximum absolute atomic E-state index is 11.7. The van der Waals surface area contributed by atoms with Gasteiger partial charge in [-0.1, -0.05) is 0 Å². The molecule has 2 rings (SSSR count). The van der Waals surface area contributed by atoms with E-state index in [-0.39, 0.29) is 24.0 Å². The van der Waals surface area contributed by atoms with Crippen molar-refractivity contribution in [3.63, 3.8) is 0 Å². The average Bonchev–Trinajstić information content (AvgIpc) is 2.77. The summed E-state index contributed by atoms with van der Waals surface area (Å²) in [4.78, 5) is 11.7. The molecule has 0 aromatic carbocycles. The second-order valence-corrected chi connectivity index (χ2v) is 4.64. The van der Waals surface area contributed by atoms with E-state index in [4.69, 9.17) is 9.84 Å². The molecule has 0 aliphatic carbocycles. The second-order valence-electron chi connectivity index (χ2n) is 4.64. The Hall–Kier alpha value is -0.610. The fourth-order valence-corrected chi connectivity index (χ4v) is 2.45. The highest BCUT2D eigenvalue weighted by atomic mass is 16.5. The SMILES string of the molecule is CC(O)CCNC(=O)C1CC2CCC1O2. The number of rotatable bonds is 4. The molecule has 4 heteroatoms. The van der Waals surface area contributed by atoms with Gasteiger partial charge in [0.15, 0.2) is 0 Å². The molecular weight excluding hydrogens is 194 g/mol. The highest BCUT2D eigenvalue weighted by molar-refractivity contribution is 5.79. The summed E-state index contributed by atoms with van der Waals surface area (Å²) < 4.78 is 5.62. The zero-order valence-corrected chi connectivity index (χ0v) is 9.11. The maximum Gasteiger partial charge on any atom is 0.225 e. The number of fused-ring (bicyclic) bond motifs is 2. The van der Waals surface area contributed by atoms with E-state index >= 15 is 0 Å². The number of nitrogens with one attached hydrogen (secondary N) is 1. The summed E-state index contributed by atoms with van der Waals surface area (Å²) in [5.74, 6) is 0.153. The summed E-state index contributed by atoms with van der Waals surface area (Å²) in [5, 5.41) is 11.9. The van der Waals surface area contributed by atoms with E-state index in [1.807, 2.05) is 0 Å². The molecule has 15 heavy (non-hydrogen) atoms. The number of amides is 1. The molecule has 0 aromatic rings. The summed E-state index contributed by atoms with van der Waals surface area (Å²) in [6.07, 6.45) is 3.77. The third kappa shape index (κ3) is 2.49. The summed E-state index contributed by atoms with van der Waals surface area (Å²) in [7, 11) is 0. The highest BCUT2D eigenvalue weighted by Gasteiger charge is 2.44. The Morgan fingerprint density at radius 2 is 2.40 bits per heavy atom. The van der Waals surface area contributed by atoms with Gasteiger partial charge in [0.05, 0.1) is 24.2 Å². The van der Waals surface area contributed by atoms with Crippen LogP contribution in [0.25, 0.3) is 0 Å². The molecule has 2 bridgehead atoms. The van der Waals surface area contributed by atoms with Crippen LogP contribution in [0.1, 0.15) is 32.6 Å². The zero-order valence-electron chi connectivity index (χ0n) is 9.11. The van der Waals surface area contributed by atoms with Gasteiger partial charge in [-0.15, -0.1) is 0 Å². The fraction of sp³-hybridized carbons (Fsp3) is 0.909. The summed E-state index contributed by atoms with van der Waals surface area (Å²) in [6.45, 7) is 2.29. The summed E-state index contributed by atoms with van der Waals surface area (Å²) >= 11 is 0. The minimum absolute atomic E-state index is 0.0535. The molecular formula is C11H19NO3. The molecule has 1 amide bonds. The van der Waals surface area contributed by atoms with Crippen molar-refractivity contribution in [2.24, 2.45) is 5.92 Å². The first kappa shape index (κ1) is 10.9. The Labute approximate surface area is 90.0 Å². The first-order valence-electron chi connectivity index (χ1n) is 5.78. The van der Waals surface area contributed by atoms with E-state index in [1.165, 1.54) is 0 Å². The van der Waals surface area contributed by atoms with Crippen molar-refractivity contribution in [2.45, 2.75) is 50.9 Å². The van der Waals surface area contributed by atoms with Gasteiger partial charge in [-0.2, -0.15) is 0 Å². The average molecular weight is 213 g/mol. The lowest BCUT2D eigenvalue weighted by atomic mass is 9.88. The molecule has 2 heterocycles. The third-order valence-electron chi connectivity index (χ3n) is 3.30. The lowest BCUT2D eigenvalue weighted by Gasteiger charge is -2.18. The van der Waals surface area contributed by atoms with E-state index in [0.29, 0.717) is 19.1 Å². The van der Waals surface area contributed by atoms with Crippen molar-refractivity contribution < 1.29 is 14.6 Å². The van der Waals surface area contributed by atoms with Crippen LogP contribution in [0, 0.1) is 5.92 Å². The Morgan fingerprint density at radius 3 is 2.93 bits per heavy atom. The first-order valence-corrected chi connectivity index (χ1v) is 5.78. The molecule has 2 aliphatic heterocycles. The summed E-state index contributed by atoms with van der Waals surface area (Å²) in [5.41, 5.74) is 0. The predicted molar refractivity (Wildman–Crippen MR) is 55.3 cm³/mol. The van der Waals surface area contributed by atoms with E-state index in [2.05, 4.69) is 5.32 Å². The van der Waals surface area contributed by atoms with Crippen LogP contribution in [0.3, 0.4) is 0 Å². The summed E-state index contributed by atoms with van der Waals surface area (Å²) in [6, 6.07) is 0. The largest absolute Gasteiger partial charge is 0.393 e. The van der Waals surface area contributed by atoms with E-state index in [9.17, 15) is 4.79 Å². The fourth-order valence-electron chi connectivity index (χ4n) is 2.45. The van der Waals surface area contributed by atoms with Crippen LogP contribution >= 0.6 is 0 Å². The van der Waals surface area contributed by atoms with Gasteiger partial charge in [0.1, 0.15) is 0 Å². The number of carbonyl (C=O) groups is 1. The van der Waals surface area contributed by atoms with E-state index in [0.717, 1.165) is 19.3 Å². The molecule has 0 spiro atoms. The Balaban J connectivity index is 1.72. The standard InChI is InChI=1S/C11H19NO3/c1-7(13)4-5-12-11(14)9-6-8-2-3-10(9)15-8/h7-10,13H,2-6H2,1H3,(H,12,14). The van der Waals surface area contributed by atoms with Crippen LogP contribution in [0.2, 0.25) is 0 Å². The molecule has 4 atom stereocenters. The highest BCUT2D eigenvalue weighted by Crippen LogP contribution is 2.38. The number of hydrogen-bond acceptors (Lipinski definition) is 3. The number of aliphatic hydroxyl groups is 1. The van der Waals surface area contributed by atoms with Gasteiger partial charge in [-0.3, -0.25) is 4.79 Å². The number of hydrogen-bond donors (Lipinski definition) is 2. The number of aliphatic hydroxyl groups excluding tert-OH is 1. The monoisotopic (exact) mass is 213 g/mol. The lowest BCUT2D eigenvalue weighted by Crippen LogP contribution is -2.37. The third-order valence-corrected chi connectivity index (χ3v) is 3.30. The smallest absolute Gasteiger partial charge is 0.225 e. The molecule has 2 aliphatic rings. The Kier molecular flexibility index (Phi) is 3.26. The number of ether oxygens (including phenoxy) is 1. The second kappa shape index (κ2) is 4.49. The Morgan fingerprint density at radius 1 is 1.60 bits per heavy atom. The molecule has 2 N–H and O–H groups in total. The minimum Gasteiger partial charge on any atom is -0.393 e. The van der Waals surface area contributed by atoms with Gasteiger partial charge in [0.25, 0.3) is 0 Å². The van der Waals surface area contributed by atoms with Gasteiger partial charge in [-0.25, -0.2) is 0 Å². The topological polar surface area (TPSA) is 58.6 Å². The van der Waals surface area contributed by atoms with Crippen LogP contribution in [0.15, 0.2) is 0 Å². The quantitative estimate of drug-likeness (QED) is 0.712. The predicted octanol–water partition coefficient (Wildman–Crippen LogP) is 0.441. The Bertz CT molecular complexity index is 242. The minimum atomic E-state index is -0.346. The molecule has 4 nitrogen and oxygen atoms in total. The first-order chi connectivity index (χ1) is 7.16. The van der Waals surface area contributed by atoms with Gasteiger partial charge < -0.3 is 15.2 Å². The van der Waals surface area contributed by atoms with Gasteiger partial charge in [0.2, 0.25) is 5.91 Å². The van der Waals surface area contributed by atoms with Crippen molar-refractivity contribution >= 4 is 5.91 Å². The van der Waals surface area contributed by atoms with E-state index < -0.39 is 0 Å². The van der Waals surface area contributed by atoms with Crippen LogP contribution in [0.4, 0.5) is 0 Å². The van der Waals surface area contributed by atoms with Crippen molar-refractivity contribution in [1.82, 2.24) is 5.32 Å². The van der Waals surface area contributed by atoms with Crippen LogP contribution < -0.4 is 5.32 Å². The lowest BCUT2D eigenvalue weighted by molar-refractivity contribution is -0.126. The normalized spacial score (nSPS) is 35.5. The van der Waals surface area contributed by atoms with Gasteiger partial charge in [0, 0.05) is 6.54 Å². The molecule has 0 aromatic heterocycles. The van der Waals surface area contributed by atoms with Crippen molar-refractivity contribution in [3.05, 3.63) is 0 Å². The van der Waals surface area contributed by atoms with Crippen LogP contribution in [0.5, 0.6) is 0 Å². The zero-order chi connectivity index (χ0) is 10.8. The molecule has 0 radical (unpaired) electrons. The molecule has 86 valence electrons. The van der Waals surface area contributed by atoms with E-state index in [1.54, 1.807) is 6.92 Å². The van der Waals surface area contributed by atoms with Crippen molar-refractivity contribution in [3.8, 4) is 0 Å². The van der Waals surface area contributed by atoms with Gasteiger partial charge >= 0.3 is 0 Å². The van der Waals surface area contributed by atoms with Gasteiger partial charge in [-0.05, 0) is 32.6 Å². The van der Waals surface area contributed by atoms with Crippen LogP contribution in [-0.4, -0.2) is 35.9 Å². The molecule has 2 fully saturated rings. The molecule has 4 unspecified atom stereocenters. The molecule has 0 saturated carbocycles. The van der Waals surface area contributed by atoms with Crippen molar-refractivity contribution in [2.75, 3.05) is 6.54 Å². The van der Waals surface area contributed by atoms with Crippen LogP contribution in [-0.2, 0) is 9.53 Å². The molecule has 2 saturated heterocycles. The van der Waals surface area contributed by atoms with Crippen molar-refractivity contribution in [1.29, 1.82) is 0 Å². The number of carbonyl (C=O) groups excluding carboxylic acids is 1.